The molecule has 1 aromatic carbocycles. The second kappa shape index (κ2) is 12.3. The van der Waals surface area contributed by atoms with E-state index in [4.69, 9.17) is 9.47 Å². The van der Waals surface area contributed by atoms with Gasteiger partial charge in [0.1, 0.15) is 11.8 Å². The second-order valence-electron chi connectivity index (χ2n) is 6.98. The van der Waals surface area contributed by atoms with Gasteiger partial charge in [0.2, 0.25) is 5.91 Å². The van der Waals surface area contributed by atoms with Gasteiger partial charge in [-0.25, -0.2) is 4.79 Å². The molecule has 166 valence electrons. The molecule has 1 atom stereocenters. The van der Waals surface area contributed by atoms with Crippen LogP contribution in [-0.4, -0.2) is 73.7 Å². The Morgan fingerprint density at radius 1 is 1.23 bits per heavy atom. The molecule has 2 N–H and O–H groups in total. The number of methoxy groups -OCH3 is 1. The van der Waals surface area contributed by atoms with Gasteiger partial charge < -0.3 is 25.0 Å². The number of thioether (sulfide) groups is 1. The molecule has 1 heterocycles. The van der Waals surface area contributed by atoms with E-state index in [1.165, 1.54) is 7.11 Å². The highest BCUT2D eigenvalue weighted by Gasteiger charge is 2.28. The molecule has 9 heteroatoms. The minimum atomic E-state index is -0.641. The lowest BCUT2D eigenvalue weighted by Crippen LogP contribution is -2.53. The summed E-state index contributed by atoms with van der Waals surface area (Å²) in [6.45, 7) is 3.19. The Morgan fingerprint density at radius 3 is 2.57 bits per heavy atom. The predicted molar refractivity (Wildman–Crippen MR) is 117 cm³/mol. The largest absolute Gasteiger partial charge is 0.496 e. The number of para-hydroxylation sites is 1. The van der Waals surface area contributed by atoms with E-state index in [2.05, 4.69) is 10.6 Å². The molecule has 1 fully saturated rings. The molecule has 3 amide bonds. The van der Waals surface area contributed by atoms with Gasteiger partial charge in [-0.3, -0.25) is 9.59 Å². The number of carbonyl (C=O) groups is 3. The number of piperidine rings is 1. The van der Waals surface area contributed by atoms with E-state index in [-0.39, 0.29) is 23.9 Å². The van der Waals surface area contributed by atoms with Crippen molar-refractivity contribution in [2.45, 2.75) is 38.3 Å². The minimum Gasteiger partial charge on any atom is -0.496 e. The van der Waals surface area contributed by atoms with Gasteiger partial charge >= 0.3 is 6.09 Å². The van der Waals surface area contributed by atoms with E-state index < -0.39 is 6.04 Å². The van der Waals surface area contributed by atoms with Crippen molar-refractivity contribution < 1.29 is 23.9 Å². The third kappa shape index (κ3) is 6.83. The van der Waals surface area contributed by atoms with Crippen LogP contribution in [0.3, 0.4) is 0 Å². The quantitative estimate of drug-likeness (QED) is 0.615. The molecule has 1 saturated heterocycles. The summed E-state index contributed by atoms with van der Waals surface area (Å²) >= 11 is 1.62. The SMILES string of the molecule is CCOC(=O)N1CCC(NC(=O)C(CCSC)NC(=O)c2ccccc2OC)CC1. The fourth-order valence-corrected chi connectivity index (χ4v) is 3.77. The van der Waals surface area contributed by atoms with Crippen molar-refractivity contribution in [3.8, 4) is 5.75 Å². The third-order valence-electron chi connectivity index (χ3n) is 4.95. The number of carbonyl (C=O) groups excluding carboxylic acids is 3. The summed E-state index contributed by atoms with van der Waals surface area (Å²) in [4.78, 5) is 39.1. The number of ether oxygens (including phenoxy) is 2. The lowest BCUT2D eigenvalue weighted by molar-refractivity contribution is -0.124. The third-order valence-corrected chi connectivity index (χ3v) is 5.60. The Hall–Kier alpha value is -2.42. The van der Waals surface area contributed by atoms with E-state index in [0.29, 0.717) is 50.3 Å². The molecule has 30 heavy (non-hydrogen) atoms. The lowest BCUT2D eigenvalue weighted by Gasteiger charge is -2.32. The maximum absolute atomic E-state index is 12.9. The first kappa shape index (κ1) is 23.9. The van der Waals surface area contributed by atoms with Crippen LogP contribution in [0.1, 0.15) is 36.5 Å². The number of nitrogens with one attached hydrogen (secondary N) is 2. The van der Waals surface area contributed by atoms with Crippen molar-refractivity contribution in [1.82, 2.24) is 15.5 Å². The van der Waals surface area contributed by atoms with Gasteiger partial charge in [0.25, 0.3) is 5.91 Å². The molecule has 1 aliphatic rings. The van der Waals surface area contributed by atoms with Crippen LogP contribution >= 0.6 is 11.8 Å². The number of benzene rings is 1. The Kier molecular flexibility index (Phi) is 9.79. The first-order valence-electron chi connectivity index (χ1n) is 10.1. The average molecular weight is 438 g/mol. The van der Waals surface area contributed by atoms with Crippen molar-refractivity contribution >= 4 is 29.7 Å². The molecule has 1 unspecified atom stereocenters. The second-order valence-corrected chi connectivity index (χ2v) is 7.96. The van der Waals surface area contributed by atoms with E-state index in [1.54, 1.807) is 47.9 Å². The summed E-state index contributed by atoms with van der Waals surface area (Å²) in [7, 11) is 1.51. The normalized spacial score (nSPS) is 15.2. The zero-order valence-electron chi connectivity index (χ0n) is 17.8. The van der Waals surface area contributed by atoms with Crippen LogP contribution in [0, 0.1) is 0 Å². The van der Waals surface area contributed by atoms with Crippen molar-refractivity contribution in [2.24, 2.45) is 0 Å². The number of hydrogen-bond donors (Lipinski definition) is 2. The topological polar surface area (TPSA) is 97.0 Å². The summed E-state index contributed by atoms with van der Waals surface area (Å²) in [5, 5.41) is 5.88. The van der Waals surface area contributed by atoms with Crippen LogP contribution in [0.15, 0.2) is 24.3 Å². The van der Waals surface area contributed by atoms with Gasteiger partial charge in [0, 0.05) is 19.1 Å². The molecule has 0 aliphatic carbocycles. The number of amides is 3. The van der Waals surface area contributed by atoms with Gasteiger partial charge in [0.05, 0.1) is 19.3 Å². The average Bonchev–Trinajstić information content (AvgIpc) is 2.76. The number of hydrogen-bond acceptors (Lipinski definition) is 6. The summed E-state index contributed by atoms with van der Waals surface area (Å²) in [6, 6.07) is 6.24. The summed E-state index contributed by atoms with van der Waals surface area (Å²) in [5.41, 5.74) is 0.393. The first-order chi connectivity index (χ1) is 14.5. The van der Waals surface area contributed by atoms with Crippen LogP contribution in [0.2, 0.25) is 0 Å². The fraction of sp³-hybridized carbons (Fsp3) is 0.571. The number of rotatable bonds is 9. The van der Waals surface area contributed by atoms with Gasteiger partial charge in [-0.2, -0.15) is 11.8 Å². The van der Waals surface area contributed by atoms with Gasteiger partial charge in [-0.15, -0.1) is 0 Å². The highest BCUT2D eigenvalue weighted by atomic mass is 32.2. The molecule has 0 bridgehead atoms. The van der Waals surface area contributed by atoms with Crippen LogP contribution in [-0.2, 0) is 9.53 Å². The van der Waals surface area contributed by atoms with Crippen LogP contribution in [0.5, 0.6) is 5.75 Å². The number of likely N-dealkylation sites (tertiary alicyclic amines) is 1. The monoisotopic (exact) mass is 437 g/mol. The Morgan fingerprint density at radius 2 is 1.93 bits per heavy atom. The number of nitrogens with zero attached hydrogens (tertiary/aromatic N) is 1. The molecular weight excluding hydrogens is 406 g/mol. The maximum atomic E-state index is 12.9. The van der Waals surface area contributed by atoms with Crippen LogP contribution < -0.4 is 15.4 Å². The highest BCUT2D eigenvalue weighted by Crippen LogP contribution is 2.18. The molecule has 1 aliphatic heterocycles. The summed E-state index contributed by atoms with van der Waals surface area (Å²) < 4.78 is 10.3. The molecule has 0 spiro atoms. The van der Waals surface area contributed by atoms with Crippen LogP contribution in [0.25, 0.3) is 0 Å². The molecule has 1 aromatic rings. The molecule has 0 saturated carbocycles. The van der Waals surface area contributed by atoms with E-state index in [1.807, 2.05) is 6.26 Å². The van der Waals surface area contributed by atoms with Gasteiger partial charge in [-0.05, 0) is 50.3 Å². The van der Waals surface area contributed by atoms with Crippen LogP contribution in [0.4, 0.5) is 4.79 Å². The van der Waals surface area contributed by atoms with Crippen molar-refractivity contribution in [3.05, 3.63) is 29.8 Å². The van der Waals surface area contributed by atoms with E-state index in [9.17, 15) is 14.4 Å². The zero-order valence-corrected chi connectivity index (χ0v) is 18.6. The Bertz CT molecular complexity index is 722. The predicted octanol–water partition coefficient (Wildman–Crippen LogP) is 2.28. The fourth-order valence-electron chi connectivity index (χ4n) is 3.30. The summed E-state index contributed by atoms with van der Waals surface area (Å²) in [5.74, 6) is 0.657. The lowest BCUT2D eigenvalue weighted by atomic mass is 10.0. The molecule has 2 rings (SSSR count). The smallest absolute Gasteiger partial charge is 0.409 e. The Balaban J connectivity index is 1.95. The highest BCUT2D eigenvalue weighted by molar-refractivity contribution is 7.98. The maximum Gasteiger partial charge on any atom is 0.409 e. The van der Waals surface area contributed by atoms with E-state index in [0.717, 1.165) is 5.75 Å². The van der Waals surface area contributed by atoms with Gasteiger partial charge in [0.15, 0.2) is 0 Å². The first-order valence-corrected chi connectivity index (χ1v) is 11.5. The summed E-state index contributed by atoms with van der Waals surface area (Å²) in [6.07, 6.45) is 3.47. The molecule has 0 radical (unpaired) electrons. The molecular formula is C21H31N3O5S. The Labute approximate surface area is 182 Å². The molecule has 0 aromatic heterocycles. The molecule has 8 nitrogen and oxygen atoms in total. The van der Waals surface area contributed by atoms with Crippen molar-refractivity contribution in [3.63, 3.8) is 0 Å². The van der Waals surface area contributed by atoms with Crippen molar-refractivity contribution in [2.75, 3.05) is 38.8 Å². The van der Waals surface area contributed by atoms with Gasteiger partial charge in [-0.1, -0.05) is 12.1 Å². The zero-order chi connectivity index (χ0) is 21.9. The standard InChI is InChI=1S/C21H31N3O5S/c1-4-29-21(27)24-12-9-15(10-13-24)22-20(26)17(11-14-30-3)23-19(25)16-7-5-6-8-18(16)28-2/h5-8,15,17H,4,9-14H2,1-3H3,(H,22,26)(H,23,25). The van der Waals surface area contributed by atoms with E-state index >= 15 is 0 Å². The minimum absolute atomic E-state index is 0.0388. The van der Waals surface area contributed by atoms with Crippen molar-refractivity contribution in [1.29, 1.82) is 0 Å².